The molecular weight excluding hydrogens is 437 g/mol. The number of carbonyl (C=O) groups excluding carboxylic acids is 1. The van der Waals surface area contributed by atoms with Crippen LogP contribution in [0.2, 0.25) is 0 Å². The number of halogens is 3. The maximum Gasteiger partial charge on any atom is 0.418 e. The van der Waals surface area contributed by atoms with Crippen molar-refractivity contribution in [1.29, 1.82) is 5.26 Å². The largest absolute Gasteiger partial charge is 0.418 e. The Morgan fingerprint density at radius 1 is 1.27 bits per heavy atom. The summed E-state index contributed by atoms with van der Waals surface area (Å²) in [4.78, 5) is 14.4. The molecule has 1 amide bonds. The summed E-state index contributed by atoms with van der Waals surface area (Å²) < 4.78 is 39.7. The van der Waals surface area contributed by atoms with E-state index in [1.165, 1.54) is 24.8 Å². The number of nitriles is 1. The van der Waals surface area contributed by atoms with Crippen LogP contribution in [-0.4, -0.2) is 51.0 Å². The van der Waals surface area contributed by atoms with E-state index in [2.05, 4.69) is 21.4 Å². The molecule has 1 saturated carbocycles. The standard InChI is InChI=1S/C22H25F3N6O2/c23-22(24,25)19(32)13-2-4-15(5-3-13)28-21-17(20(27)33)12-31(29-21)18-7-6-16(10-14(18)11-26)30-8-1-9-30/h2-5,12,14,16,18-19,32H,1,6-10H2,(H2,27,33)(H,28,29)/t14-,16+,18+,19+/m1/s1. The molecule has 11 heteroatoms. The Bertz CT molecular complexity index is 1040. The van der Waals surface area contributed by atoms with Crippen molar-refractivity contribution in [1.82, 2.24) is 14.7 Å². The van der Waals surface area contributed by atoms with Crippen LogP contribution in [0.3, 0.4) is 0 Å². The molecule has 0 radical (unpaired) electrons. The van der Waals surface area contributed by atoms with Crippen molar-refractivity contribution >= 4 is 17.4 Å². The minimum Gasteiger partial charge on any atom is -0.379 e. The number of nitrogens with two attached hydrogens (primary N) is 1. The van der Waals surface area contributed by atoms with Crippen molar-refractivity contribution < 1.29 is 23.1 Å². The molecule has 1 aromatic heterocycles. The minimum atomic E-state index is -4.77. The molecule has 4 rings (SSSR count). The molecule has 33 heavy (non-hydrogen) atoms. The smallest absolute Gasteiger partial charge is 0.379 e. The lowest BCUT2D eigenvalue weighted by Gasteiger charge is -2.43. The van der Waals surface area contributed by atoms with Crippen molar-refractivity contribution in [3.63, 3.8) is 0 Å². The topological polar surface area (TPSA) is 120 Å². The van der Waals surface area contributed by atoms with Gasteiger partial charge in [-0.25, -0.2) is 0 Å². The molecule has 4 atom stereocenters. The van der Waals surface area contributed by atoms with E-state index in [1.807, 2.05) is 0 Å². The van der Waals surface area contributed by atoms with Crippen LogP contribution < -0.4 is 11.1 Å². The quantitative estimate of drug-likeness (QED) is 0.606. The minimum absolute atomic E-state index is 0.121. The Hall–Kier alpha value is -3.10. The van der Waals surface area contributed by atoms with Gasteiger partial charge in [0.25, 0.3) is 5.91 Å². The number of aliphatic hydroxyl groups is 1. The number of hydrogen-bond acceptors (Lipinski definition) is 6. The van der Waals surface area contributed by atoms with E-state index < -0.39 is 18.2 Å². The van der Waals surface area contributed by atoms with E-state index in [1.54, 1.807) is 4.68 Å². The molecule has 0 spiro atoms. The summed E-state index contributed by atoms with van der Waals surface area (Å²) in [5.41, 5.74) is 5.71. The molecule has 2 aromatic rings. The first-order valence-electron chi connectivity index (χ1n) is 10.8. The Labute approximate surface area is 188 Å². The highest BCUT2D eigenvalue weighted by atomic mass is 19.4. The van der Waals surface area contributed by atoms with Gasteiger partial charge in [0.15, 0.2) is 11.9 Å². The van der Waals surface area contributed by atoms with Crippen LogP contribution in [0, 0.1) is 17.2 Å². The van der Waals surface area contributed by atoms with Crippen LogP contribution in [0.25, 0.3) is 0 Å². The molecule has 1 aromatic carbocycles. The Morgan fingerprint density at radius 3 is 2.52 bits per heavy atom. The predicted molar refractivity (Wildman–Crippen MR) is 113 cm³/mol. The summed E-state index contributed by atoms with van der Waals surface area (Å²) >= 11 is 0. The van der Waals surface area contributed by atoms with Crippen molar-refractivity contribution in [3.8, 4) is 6.07 Å². The lowest BCUT2D eigenvalue weighted by molar-refractivity contribution is -0.206. The maximum atomic E-state index is 12.7. The van der Waals surface area contributed by atoms with Crippen LogP contribution >= 0.6 is 0 Å². The number of primary amides is 1. The fraction of sp³-hybridized carbons (Fsp3) is 0.500. The summed E-state index contributed by atoms with van der Waals surface area (Å²) in [6.45, 7) is 2.13. The number of aromatic nitrogens is 2. The second-order valence-corrected chi connectivity index (χ2v) is 8.59. The Morgan fingerprint density at radius 2 is 1.97 bits per heavy atom. The fourth-order valence-electron chi connectivity index (χ4n) is 4.53. The van der Waals surface area contributed by atoms with Gasteiger partial charge in [-0.05, 0) is 56.5 Å². The van der Waals surface area contributed by atoms with Crippen molar-refractivity contribution in [2.45, 2.75) is 50.0 Å². The zero-order chi connectivity index (χ0) is 23.8. The molecule has 2 aliphatic rings. The molecule has 8 nitrogen and oxygen atoms in total. The van der Waals surface area contributed by atoms with Gasteiger partial charge in [-0.3, -0.25) is 9.48 Å². The third-order valence-corrected chi connectivity index (χ3v) is 6.50. The SMILES string of the molecule is N#C[C@H]1C[C@@H](N2CCC2)CC[C@@H]1n1cc(C(N)=O)c(Nc2ccc([C@H](O)C(F)(F)F)cc2)n1. The zero-order valence-electron chi connectivity index (χ0n) is 17.8. The summed E-state index contributed by atoms with van der Waals surface area (Å²) in [6, 6.07) is 7.55. The average Bonchev–Trinajstić information content (AvgIpc) is 3.15. The summed E-state index contributed by atoms with van der Waals surface area (Å²) in [5, 5.41) is 26.5. The predicted octanol–water partition coefficient (Wildman–Crippen LogP) is 3.26. The summed E-state index contributed by atoms with van der Waals surface area (Å²) in [5.74, 6) is -0.815. The van der Waals surface area contributed by atoms with E-state index in [0.29, 0.717) is 11.7 Å². The Kier molecular flexibility index (Phi) is 6.32. The van der Waals surface area contributed by atoms with E-state index >= 15 is 0 Å². The van der Waals surface area contributed by atoms with E-state index in [-0.39, 0.29) is 28.9 Å². The van der Waals surface area contributed by atoms with Crippen LogP contribution in [0.4, 0.5) is 24.7 Å². The van der Waals surface area contributed by atoms with Gasteiger partial charge in [-0.1, -0.05) is 12.1 Å². The van der Waals surface area contributed by atoms with Crippen molar-refractivity contribution in [2.24, 2.45) is 11.7 Å². The molecule has 1 aliphatic heterocycles. The highest BCUT2D eigenvalue weighted by Gasteiger charge is 2.39. The third-order valence-electron chi connectivity index (χ3n) is 6.50. The first kappa shape index (κ1) is 23.1. The highest BCUT2D eigenvalue weighted by Crippen LogP contribution is 2.38. The third kappa shape index (κ3) is 4.82. The Balaban J connectivity index is 1.52. The van der Waals surface area contributed by atoms with Crippen LogP contribution in [0.1, 0.15) is 53.8 Å². The fourth-order valence-corrected chi connectivity index (χ4v) is 4.53. The monoisotopic (exact) mass is 462 g/mol. The van der Waals surface area contributed by atoms with Crippen LogP contribution in [0.5, 0.6) is 0 Å². The van der Waals surface area contributed by atoms with Crippen molar-refractivity contribution in [2.75, 3.05) is 18.4 Å². The normalized spacial score (nSPS) is 24.5. The number of benzene rings is 1. The van der Waals surface area contributed by atoms with Gasteiger partial charge in [-0.2, -0.15) is 23.5 Å². The second-order valence-electron chi connectivity index (χ2n) is 8.59. The van der Waals surface area contributed by atoms with Gasteiger partial charge < -0.3 is 21.1 Å². The zero-order valence-corrected chi connectivity index (χ0v) is 17.8. The van der Waals surface area contributed by atoms with Gasteiger partial charge in [0.1, 0.15) is 5.56 Å². The molecule has 1 aliphatic carbocycles. The molecule has 0 bridgehead atoms. The number of aliphatic hydroxyl groups excluding tert-OH is 1. The average molecular weight is 462 g/mol. The molecule has 0 unspecified atom stereocenters. The number of alkyl halides is 3. The first-order chi connectivity index (χ1) is 15.7. The van der Waals surface area contributed by atoms with Gasteiger partial charge in [0.2, 0.25) is 0 Å². The molecule has 1 saturated heterocycles. The molecule has 2 fully saturated rings. The van der Waals surface area contributed by atoms with Gasteiger partial charge in [0.05, 0.1) is 18.0 Å². The van der Waals surface area contributed by atoms with E-state index in [4.69, 9.17) is 5.73 Å². The molecular formula is C22H25F3N6O2. The lowest BCUT2D eigenvalue weighted by Crippen LogP contribution is -2.48. The number of nitrogens with zero attached hydrogens (tertiary/aromatic N) is 4. The second kappa shape index (κ2) is 9.03. The lowest BCUT2D eigenvalue weighted by atomic mass is 9.81. The first-order valence-corrected chi connectivity index (χ1v) is 10.8. The number of anilines is 2. The number of carbonyl (C=O) groups is 1. The van der Waals surface area contributed by atoms with E-state index in [0.717, 1.165) is 44.5 Å². The summed E-state index contributed by atoms with van der Waals surface area (Å²) in [6.07, 6.45) is -2.24. The van der Waals surface area contributed by atoms with E-state index in [9.17, 15) is 28.3 Å². The van der Waals surface area contributed by atoms with Crippen LogP contribution in [-0.2, 0) is 0 Å². The van der Waals surface area contributed by atoms with Gasteiger partial charge >= 0.3 is 6.18 Å². The highest BCUT2D eigenvalue weighted by molar-refractivity contribution is 5.98. The molecule has 4 N–H and O–H groups in total. The molecule has 2 heterocycles. The van der Waals surface area contributed by atoms with Crippen LogP contribution in [0.15, 0.2) is 30.5 Å². The summed E-state index contributed by atoms with van der Waals surface area (Å²) in [7, 11) is 0. The number of hydrogen-bond donors (Lipinski definition) is 3. The maximum absolute atomic E-state index is 12.7. The van der Waals surface area contributed by atoms with Crippen molar-refractivity contribution in [3.05, 3.63) is 41.6 Å². The van der Waals surface area contributed by atoms with Gasteiger partial charge in [0, 0.05) is 17.9 Å². The molecule has 176 valence electrons. The number of amides is 1. The number of nitrogens with one attached hydrogen (secondary N) is 1. The number of rotatable bonds is 6. The van der Waals surface area contributed by atoms with Gasteiger partial charge in [-0.15, -0.1) is 0 Å². The number of likely N-dealkylation sites (tertiary alicyclic amines) is 1.